The summed E-state index contributed by atoms with van der Waals surface area (Å²) in [5, 5.41) is 13.4. The lowest BCUT2D eigenvalue weighted by molar-refractivity contribution is 0.0699. The van der Waals surface area contributed by atoms with Crippen molar-refractivity contribution in [1.29, 1.82) is 0 Å². The van der Waals surface area contributed by atoms with Gasteiger partial charge in [-0.25, -0.2) is 9.78 Å². The molecule has 2 N–H and O–H groups in total. The quantitative estimate of drug-likeness (QED) is 0.908. The van der Waals surface area contributed by atoms with Gasteiger partial charge in [-0.3, -0.25) is 0 Å². The Bertz CT molecular complexity index is 639. The SMILES string of the molecule is O=C(O)c1cc(NC2CCCSC2)nc2ccccc12. The van der Waals surface area contributed by atoms with Crippen LogP contribution in [0.1, 0.15) is 23.2 Å². The number of anilines is 1. The summed E-state index contributed by atoms with van der Waals surface area (Å²) in [5.74, 6) is 2.01. The van der Waals surface area contributed by atoms with Gasteiger partial charge in [0.1, 0.15) is 5.82 Å². The first kappa shape index (κ1) is 13.2. The van der Waals surface area contributed by atoms with Gasteiger partial charge in [-0.15, -0.1) is 0 Å². The smallest absolute Gasteiger partial charge is 0.336 e. The number of benzene rings is 1. The highest BCUT2D eigenvalue weighted by Crippen LogP contribution is 2.24. The first-order valence-corrected chi connectivity index (χ1v) is 7.87. The number of aromatic nitrogens is 1. The van der Waals surface area contributed by atoms with E-state index in [0.717, 1.165) is 17.7 Å². The van der Waals surface area contributed by atoms with Crippen LogP contribution in [0, 0.1) is 0 Å². The Morgan fingerprint density at radius 3 is 3.00 bits per heavy atom. The molecule has 0 amide bonds. The number of nitrogens with zero attached hydrogens (tertiary/aromatic N) is 1. The van der Waals surface area contributed by atoms with Crippen LogP contribution in [0.5, 0.6) is 0 Å². The van der Waals surface area contributed by atoms with E-state index in [2.05, 4.69) is 10.3 Å². The second-order valence-electron chi connectivity index (χ2n) is 4.94. The van der Waals surface area contributed by atoms with E-state index in [1.165, 1.54) is 12.2 Å². The van der Waals surface area contributed by atoms with Gasteiger partial charge in [-0.2, -0.15) is 11.8 Å². The molecule has 1 aromatic carbocycles. The molecule has 0 aliphatic carbocycles. The minimum Gasteiger partial charge on any atom is -0.478 e. The predicted octanol–water partition coefficient (Wildman–Crippen LogP) is 3.24. The molecule has 0 bridgehead atoms. The first-order valence-electron chi connectivity index (χ1n) is 6.71. The molecule has 0 spiro atoms. The highest BCUT2D eigenvalue weighted by molar-refractivity contribution is 7.99. The van der Waals surface area contributed by atoms with Crippen LogP contribution in [0.15, 0.2) is 30.3 Å². The molecule has 3 rings (SSSR count). The lowest BCUT2D eigenvalue weighted by Gasteiger charge is -2.23. The van der Waals surface area contributed by atoms with E-state index in [1.54, 1.807) is 12.1 Å². The molecule has 104 valence electrons. The molecule has 1 atom stereocenters. The molecule has 2 aromatic rings. The van der Waals surface area contributed by atoms with Gasteiger partial charge in [0.2, 0.25) is 0 Å². The molecule has 2 heterocycles. The average Bonchev–Trinajstić information content (AvgIpc) is 2.47. The van der Waals surface area contributed by atoms with E-state index in [0.29, 0.717) is 22.8 Å². The van der Waals surface area contributed by atoms with Crippen LogP contribution in [0.4, 0.5) is 5.82 Å². The maximum absolute atomic E-state index is 11.4. The fraction of sp³-hybridized carbons (Fsp3) is 0.333. The Kier molecular flexibility index (Phi) is 3.78. The summed E-state index contributed by atoms with van der Waals surface area (Å²) in [5.41, 5.74) is 1.03. The number of carboxylic acid groups (broad SMARTS) is 1. The summed E-state index contributed by atoms with van der Waals surface area (Å²) in [6.07, 6.45) is 2.31. The molecule has 20 heavy (non-hydrogen) atoms. The van der Waals surface area contributed by atoms with Crippen molar-refractivity contribution in [2.24, 2.45) is 0 Å². The van der Waals surface area contributed by atoms with Crippen LogP contribution in [-0.4, -0.2) is 33.6 Å². The van der Waals surface area contributed by atoms with E-state index in [4.69, 9.17) is 0 Å². The number of carboxylic acids is 1. The van der Waals surface area contributed by atoms with Crippen molar-refractivity contribution in [3.05, 3.63) is 35.9 Å². The van der Waals surface area contributed by atoms with Crippen LogP contribution in [0.3, 0.4) is 0 Å². The lowest BCUT2D eigenvalue weighted by Crippen LogP contribution is -2.26. The van der Waals surface area contributed by atoms with E-state index in [9.17, 15) is 9.90 Å². The number of aromatic carboxylic acids is 1. The highest BCUT2D eigenvalue weighted by Gasteiger charge is 2.16. The lowest BCUT2D eigenvalue weighted by atomic mass is 10.1. The molecular formula is C15H16N2O2S. The maximum Gasteiger partial charge on any atom is 0.336 e. The number of rotatable bonds is 3. The third kappa shape index (κ3) is 2.72. The monoisotopic (exact) mass is 288 g/mol. The van der Waals surface area contributed by atoms with Gasteiger partial charge in [0.05, 0.1) is 11.1 Å². The average molecular weight is 288 g/mol. The number of pyridine rings is 1. The number of thioether (sulfide) groups is 1. The summed E-state index contributed by atoms with van der Waals surface area (Å²) in [4.78, 5) is 15.9. The van der Waals surface area contributed by atoms with Crippen LogP contribution in [0.2, 0.25) is 0 Å². The Morgan fingerprint density at radius 1 is 1.40 bits per heavy atom. The standard InChI is InChI=1S/C15H16N2O2S/c18-15(19)12-8-14(16-10-4-3-7-20-9-10)17-13-6-2-1-5-11(12)13/h1-2,5-6,8,10H,3-4,7,9H2,(H,16,17)(H,18,19). The van der Waals surface area contributed by atoms with Gasteiger partial charge in [-0.1, -0.05) is 18.2 Å². The summed E-state index contributed by atoms with van der Waals surface area (Å²) in [6.45, 7) is 0. The molecule has 5 heteroatoms. The Hall–Kier alpha value is -1.75. The molecular weight excluding hydrogens is 272 g/mol. The van der Waals surface area contributed by atoms with E-state index in [-0.39, 0.29) is 0 Å². The minimum atomic E-state index is -0.912. The molecule has 1 saturated heterocycles. The van der Waals surface area contributed by atoms with Gasteiger partial charge in [0.25, 0.3) is 0 Å². The Balaban J connectivity index is 1.96. The van der Waals surface area contributed by atoms with Crippen molar-refractivity contribution in [2.75, 3.05) is 16.8 Å². The summed E-state index contributed by atoms with van der Waals surface area (Å²) in [7, 11) is 0. The van der Waals surface area contributed by atoms with Gasteiger partial charge >= 0.3 is 5.97 Å². The maximum atomic E-state index is 11.4. The molecule has 4 nitrogen and oxygen atoms in total. The van der Waals surface area contributed by atoms with Crippen LogP contribution >= 0.6 is 11.8 Å². The summed E-state index contributed by atoms with van der Waals surface area (Å²) >= 11 is 1.93. The minimum absolute atomic E-state index is 0.307. The topological polar surface area (TPSA) is 62.2 Å². The van der Waals surface area contributed by atoms with Gasteiger partial charge in [0.15, 0.2) is 0 Å². The van der Waals surface area contributed by atoms with E-state index in [1.807, 2.05) is 30.0 Å². The number of para-hydroxylation sites is 1. The number of hydrogen-bond acceptors (Lipinski definition) is 4. The summed E-state index contributed by atoms with van der Waals surface area (Å²) < 4.78 is 0. The predicted molar refractivity (Wildman–Crippen MR) is 82.7 cm³/mol. The van der Waals surface area contributed by atoms with Crippen LogP contribution < -0.4 is 5.32 Å². The van der Waals surface area contributed by atoms with Crippen LogP contribution in [-0.2, 0) is 0 Å². The molecule has 1 aliphatic rings. The van der Waals surface area contributed by atoms with Crippen molar-refractivity contribution in [2.45, 2.75) is 18.9 Å². The van der Waals surface area contributed by atoms with Crippen molar-refractivity contribution >= 4 is 34.5 Å². The van der Waals surface area contributed by atoms with Gasteiger partial charge < -0.3 is 10.4 Å². The normalized spacial score (nSPS) is 18.9. The molecule has 1 aliphatic heterocycles. The van der Waals surface area contributed by atoms with E-state index < -0.39 is 5.97 Å². The molecule has 0 saturated carbocycles. The van der Waals surface area contributed by atoms with Crippen molar-refractivity contribution < 1.29 is 9.90 Å². The van der Waals surface area contributed by atoms with Crippen LogP contribution in [0.25, 0.3) is 10.9 Å². The number of fused-ring (bicyclic) bond motifs is 1. The second-order valence-corrected chi connectivity index (χ2v) is 6.09. The Labute approximate surface area is 121 Å². The molecule has 1 fully saturated rings. The fourth-order valence-electron chi connectivity index (χ4n) is 2.49. The second kappa shape index (κ2) is 5.71. The Morgan fingerprint density at radius 2 is 2.25 bits per heavy atom. The van der Waals surface area contributed by atoms with Crippen molar-refractivity contribution in [1.82, 2.24) is 4.98 Å². The zero-order valence-electron chi connectivity index (χ0n) is 11.0. The molecule has 0 radical (unpaired) electrons. The molecule has 1 unspecified atom stereocenters. The molecule has 1 aromatic heterocycles. The zero-order chi connectivity index (χ0) is 13.9. The number of carbonyl (C=O) groups is 1. The fourth-order valence-corrected chi connectivity index (χ4v) is 3.56. The summed E-state index contributed by atoms with van der Waals surface area (Å²) in [6, 6.07) is 9.38. The highest BCUT2D eigenvalue weighted by atomic mass is 32.2. The number of nitrogens with one attached hydrogen (secondary N) is 1. The largest absolute Gasteiger partial charge is 0.478 e. The van der Waals surface area contributed by atoms with E-state index >= 15 is 0 Å². The zero-order valence-corrected chi connectivity index (χ0v) is 11.8. The van der Waals surface area contributed by atoms with Crippen molar-refractivity contribution in [3.63, 3.8) is 0 Å². The third-order valence-electron chi connectivity index (χ3n) is 3.46. The third-order valence-corrected chi connectivity index (χ3v) is 4.67. The van der Waals surface area contributed by atoms with Gasteiger partial charge in [-0.05, 0) is 30.7 Å². The van der Waals surface area contributed by atoms with Gasteiger partial charge in [0, 0.05) is 17.2 Å². The number of hydrogen-bond donors (Lipinski definition) is 2. The first-order chi connectivity index (χ1) is 9.74. The van der Waals surface area contributed by atoms with Crippen molar-refractivity contribution in [3.8, 4) is 0 Å².